The van der Waals surface area contributed by atoms with Gasteiger partial charge in [0.25, 0.3) is 0 Å². The molecule has 0 aliphatic heterocycles. The van der Waals surface area contributed by atoms with Crippen molar-refractivity contribution in [2.45, 2.75) is 13.8 Å². The zero-order valence-corrected chi connectivity index (χ0v) is 13.8. The number of rotatable bonds is 7. The number of hydrogen-bond acceptors (Lipinski definition) is 6. The number of phenols is 2. The lowest BCUT2D eigenvalue weighted by molar-refractivity contribution is 0.103. The number of ketones is 1. The first kappa shape index (κ1) is 17.5. The van der Waals surface area contributed by atoms with Crippen LogP contribution in [0.15, 0.2) is 30.3 Å². The highest BCUT2D eigenvalue weighted by Gasteiger charge is 2.26. The van der Waals surface area contributed by atoms with Crippen molar-refractivity contribution >= 4 is 5.78 Å². The Labute approximate surface area is 140 Å². The number of phenolic OH excluding ortho intramolecular Hbond substituents is 2. The Kier molecular flexibility index (Phi) is 5.52. The first-order chi connectivity index (χ1) is 11.5. The Morgan fingerprint density at radius 3 is 2.25 bits per heavy atom. The van der Waals surface area contributed by atoms with Crippen LogP contribution >= 0.6 is 0 Å². The Morgan fingerprint density at radius 1 is 1.00 bits per heavy atom. The van der Waals surface area contributed by atoms with Gasteiger partial charge in [-0.1, -0.05) is 12.1 Å². The van der Waals surface area contributed by atoms with Gasteiger partial charge in [0.1, 0.15) is 5.75 Å². The summed E-state index contributed by atoms with van der Waals surface area (Å²) in [6.45, 7) is 4.15. The highest BCUT2D eigenvalue weighted by atomic mass is 16.5. The molecule has 2 N–H and O–H groups in total. The SMILES string of the molecule is CCOc1cc(C(=O)c2ccccc2O)c(O)c(OCC)c1OC. The minimum atomic E-state index is -0.546. The van der Waals surface area contributed by atoms with Crippen LogP contribution in [-0.4, -0.2) is 36.3 Å². The van der Waals surface area contributed by atoms with E-state index in [0.29, 0.717) is 6.61 Å². The van der Waals surface area contributed by atoms with E-state index >= 15 is 0 Å². The average molecular weight is 332 g/mol. The normalized spacial score (nSPS) is 10.3. The van der Waals surface area contributed by atoms with Crippen LogP contribution in [0.3, 0.4) is 0 Å². The quantitative estimate of drug-likeness (QED) is 0.758. The van der Waals surface area contributed by atoms with Gasteiger partial charge < -0.3 is 24.4 Å². The van der Waals surface area contributed by atoms with Crippen LogP contribution in [-0.2, 0) is 0 Å². The maximum atomic E-state index is 12.7. The first-order valence-electron chi connectivity index (χ1n) is 7.57. The lowest BCUT2D eigenvalue weighted by atomic mass is 10.0. The number of hydrogen-bond donors (Lipinski definition) is 2. The lowest BCUT2D eigenvalue weighted by Crippen LogP contribution is -2.07. The second kappa shape index (κ2) is 7.59. The van der Waals surface area contributed by atoms with Gasteiger partial charge in [0.2, 0.25) is 17.3 Å². The molecule has 128 valence electrons. The van der Waals surface area contributed by atoms with Crippen molar-refractivity contribution in [3.05, 3.63) is 41.5 Å². The molecule has 0 saturated heterocycles. The summed E-state index contributed by atoms with van der Waals surface area (Å²) in [6.07, 6.45) is 0. The highest BCUT2D eigenvalue weighted by Crippen LogP contribution is 2.47. The largest absolute Gasteiger partial charge is 0.507 e. The highest BCUT2D eigenvalue weighted by molar-refractivity contribution is 6.13. The Hall–Kier alpha value is -2.89. The van der Waals surface area contributed by atoms with E-state index < -0.39 is 5.78 Å². The number of para-hydroxylation sites is 1. The lowest BCUT2D eigenvalue weighted by Gasteiger charge is -2.17. The third-order valence-electron chi connectivity index (χ3n) is 3.36. The molecule has 2 aromatic rings. The second-order valence-electron chi connectivity index (χ2n) is 4.85. The van der Waals surface area contributed by atoms with Crippen molar-refractivity contribution in [3.8, 4) is 28.7 Å². The van der Waals surface area contributed by atoms with Crippen molar-refractivity contribution in [2.24, 2.45) is 0 Å². The summed E-state index contributed by atoms with van der Waals surface area (Å²) in [5, 5.41) is 20.4. The van der Waals surface area contributed by atoms with Crippen LogP contribution in [0.1, 0.15) is 29.8 Å². The third-order valence-corrected chi connectivity index (χ3v) is 3.36. The van der Waals surface area contributed by atoms with E-state index in [1.807, 2.05) is 0 Å². The Morgan fingerprint density at radius 2 is 1.67 bits per heavy atom. The minimum Gasteiger partial charge on any atom is -0.507 e. The number of ether oxygens (including phenoxy) is 3. The van der Waals surface area contributed by atoms with E-state index in [9.17, 15) is 15.0 Å². The van der Waals surface area contributed by atoms with Gasteiger partial charge in [-0.15, -0.1) is 0 Å². The van der Waals surface area contributed by atoms with Crippen molar-refractivity contribution < 1.29 is 29.2 Å². The summed E-state index contributed by atoms with van der Waals surface area (Å²) in [5.41, 5.74) is 0.0343. The minimum absolute atomic E-state index is 0.0321. The van der Waals surface area contributed by atoms with E-state index in [4.69, 9.17) is 14.2 Å². The summed E-state index contributed by atoms with van der Waals surface area (Å²) in [6, 6.07) is 7.50. The molecule has 0 amide bonds. The van der Waals surface area contributed by atoms with Crippen molar-refractivity contribution in [2.75, 3.05) is 20.3 Å². The van der Waals surface area contributed by atoms with Gasteiger partial charge >= 0.3 is 0 Å². The summed E-state index contributed by atoms with van der Waals surface area (Å²) in [7, 11) is 1.42. The molecule has 0 saturated carbocycles. The number of benzene rings is 2. The maximum absolute atomic E-state index is 12.7. The molecule has 2 rings (SSSR count). The summed E-state index contributed by atoms with van der Waals surface area (Å²) in [5.74, 6) is -0.552. The van der Waals surface area contributed by atoms with Gasteiger partial charge in [0.05, 0.1) is 31.5 Å². The van der Waals surface area contributed by atoms with Gasteiger partial charge in [-0.3, -0.25) is 4.79 Å². The van der Waals surface area contributed by atoms with Crippen molar-refractivity contribution in [3.63, 3.8) is 0 Å². The molecule has 2 aromatic carbocycles. The van der Waals surface area contributed by atoms with E-state index in [1.54, 1.807) is 26.0 Å². The molecule has 0 atom stereocenters. The van der Waals surface area contributed by atoms with Crippen LogP contribution in [0.5, 0.6) is 28.7 Å². The molecule has 0 aromatic heterocycles. The van der Waals surface area contributed by atoms with Crippen LogP contribution in [0.2, 0.25) is 0 Å². The standard InChI is InChI=1S/C18H20O6/c1-4-23-14-10-12(15(20)11-8-6-7-9-13(11)19)16(21)18(24-5-2)17(14)22-3/h6-10,19,21H,4-5H2,1-3H3. The smallest absolute Gasteiger partial charge is 0.208 e. The van der Waals surface area contributed by atoms with Gasteiger partial charge in [-0.05, 0) is 32.0 Å². The predicted molar refractivity (Wildman–Crippen MR) is 88.5 cm³/mol. The average Bonchev–Trinajstić information content (AvgIpc) is 2.58. The summed E-state index contributed by atoms with van der Waals surface area (Å²) in [4.78, 5) is 12.7. The second-order valence-corrected chi connectivity index (χ2v) is 4.85. The number of aromatic hydroxyl groups is 2. The number of carbonyl (C=O) groups excluding carboxylic acids is 1. The Bertz CT molecular complexity index is 739. The third kappa shape index (κ3) is 3.22. The molecule has 0 unspecified atom stereocenters. The monoisotopic (exact) mass is 332 g/mol. The van der Waals surface area contributed by atoms with Gasteiger partial charge in [0.15, 0.2) is 11.5 Å². The van der Waals surface area contributed by atoms with Gasteiger partial charge in [-0.2, -0.15) is 0 Å². The topological polar surface area (TPSA) is 85.2 Å². The first-order valence-corrected chi connectivity index (χ1v) is 7.57. The molecule has 0 radical (unpaired) electrons. The summed E-state index contributed by atoms with van der Waals surface area (Å²) >= 11 is 0. The molecular formula is C18H20O6. The fourth-order valence-corrected chi connectivity index (χ4v) is 2.32. The predicted octanol–water partition coefficient (Wildman–Crippen LogP) is 3.13. The van der Waals surface area contributed by atoms with E-state index in [-0.39, 0.29) is 46.5 Å². The molecule has 0 bridgehead atoms. The van der Waals surface area contributed by atoms with E-state index in [2.05, 4.69) is 0 Å². The Balaban J connectivity index is 2.65. The van der Waals surface area contributed by atoms with E-state index in [0.717, 1.165) is 0 Å². The maximum Gasteiger partial charge on any atom is 0.208 e. The van der Waals surface area contributed by atoms with Gasteiger partial charge in [-0.25, -0.2) is 0 Å². The fraction of sp³-hybridized carbons (Fsp3) is 0.278. The molecule has 0 aliphatic rings. The number of methoxy groups -OCH3 is 1. The summed E-state index contributed by atoms with van der Waals surface area (Å²) < 4.78 is 16.2. The number of carbonyl (C=O) groups is 1. The molecule has 6 heteroatoms. The fourth-order valence-electron chi connectivity index (χ4n) is 2.32. The zero-order chi connectivity index (χ0) is 17.7. The molecule has 0 spiro atoms. The molecule has 0 fully saturated rings. The van der Waals surface area contributed by atoms with Crippen LogP contribution < -0.4 is 14.2 Å². The van der Waals surface area contributed by atoms with Crippen molar-refractivity contribution in [1.82, 2.24) is 0 Å². The molecule has 0 heterocycles. The van der Waals surface area contributed by atoms with Crippen molar-refractivity contribution in [1.29, 1.82) is 0 Å². The van der Waals surface area contributed by atoms with Gasteiger partial charge in [0, 0.05) is 0 Å². The van der Waals surface area contributed by atoms with Crippen LogP contribution in [0, 0.1) is 0 Å². The van der Waals surface area contributed by atoms with Crippen LogP contribution in [0.4, 0.5) is 0 Å². The van der Waals surface area contributed by atoms with Crippen LogP contribution in [0.25, 0.3) is 0 Å². The molecule has 6 nitrogen and oxygen atoms in total. The zero-order valence-electron chi connectivity index (χ0n) is 13.8. The molecule has 24 heavy (non-hydrogen) atoms. The molecule has 0 aliphatic carbocycles. The van der Waals surface area contributed by atoms with E-state index in [1.165, 1.54) is 25.3 Å². The molecular weight excluding hydrogens is 312 g/mol.